The minimum Gasteiger partial charge on any atom is -0.396 e. The van der Waals surface area contributed by atoms with Crippen LogP contribution in [0.25, 0.3) is 0 Å². The molecule has 0 spiro atoms. The Kier molecular flexibility index (Phi) is 5.05. The predicted octanol–water partition coefficient (Wildman–Crippen LogP) is 3.27. The standard InChI is InChI=1S/C19H29NO3S/c1-19(2)15-10-11-18(17(19)14-15)20(12-6-7-13-21)24(22,23)16-8-4-3-5-9-16/h3-5,8-9,15,17-18,21H,6-7,10-14H2,1-2H3. The van der Waals surface area contributed by atoms with Crippen molar-refractivity contribution >= 4 is 10.0 Å². The first-order valence-corrected chi connectivity index (χ1v) is 10.5. The van der Waals surface area contributed by atoms with Gasteiger partial charge in [-0.2, -0.15) is 4.31 Å². The van der Waals surface area contributed by atoms with Gasteiger partial charge >= 0.3 is 0 Å². The first-order chi connectivity index (χ1) is 11.4. The van der Waals surface area contributed by atoms with E-state index in [9.17, 15) is 8.42 Å². The molecule has 3 aliphatic rings. The number of aliphatic hydroxyl groups is 1. The van der Waals surface area contributed by atoms with E-state index in [0.29, 0.717) is 30.2 Å². The highest BCUT2D eigenvalue weighted by molar-refractivity contribution is 7.89. The van der Waals surface area contributed by atoms with Crippen LogP contribution in [0.2, 0.25) is 0 Å². The van der Waals surface area contributed by atoms with Gasteiger partial charge in [0.2, 0.25) is 10.0 Å². The SMILES string of the molecule is CC1(C)C2CCC(N(CCCCO)S(=O)(=O)c3ccccc3)C1C2. The quantitative estimate of drug-likeness (QED) is 0.767. The summed E-state index contributed by atoms with van der Waals surface area (Å²) < 4.78 is 28.3. The maximum absolute atomic E-state index is 13.3. The van der Waals surface area contributed by atoms with Gasteiger partial charge in [0.1, 0.15) is 0 Å². The van der Waals surface area contributed by atoms with E-state index in [-0.39, 0.29) is 18.1 Å². The van der Waals surface area contributed by atoms with Crippen molar-refractivity contribution in [1.82, 2.24) is 4.31 Å². The molecule has 134 valence electrons. The second-order valence-corrected chi connectivity index (χ2v) is 9.76. The van der Waals surface area contributed by atoms with Gasteiger partial charge in [0.05, 0.1) is 4.90 Å². The number of sulfonamides is 1. The lowest BCUT2D eigenvalue weighted by atomic mass is 9.47. The Bertz CT molecular complexity index is 654. The van der Waals surface area contributed by atoms with Crippen LogP contribution in [0, 0.1) is 17.3 Å². The van der Waals surface area contributed by atoms with Crippen LogP contribution in [0.1, 0.15) is 46.0 Å². The number of hydrogen-bond donors (Lipinski definition) is 1. The Morgan fingerprint density at radius 1 is 1.17 bits per heavy atom. The smallest absolute Gasteiger partial charge is 0.243 e. The monoisotopic (exact) mass is 351 g/mol. The zero-order valence-electron chi connectivity index (χ0n) is 14.7. The van der Waals surface area contributed by atoms with Crippen LogP contribution in [-0.2, 0) is 10.0 Å². The molecular weight excluding hydrogens is 322 g/mol. The summed E-state index contributed by atoms with van der Waals surface area (Å²) in [7, 11) is -3.49. The van der Waals surface area contributed by atoms with Gasteiger partial charge in [0.25, 0.3) is 0 Å². The van der Waals surface area contributed by atoms with Gasteiger partial charge in [-0.25, -0.2) is 8.42 Å². The van der Waals surface area contributed by atoms with Crippen molar-refractivity contribution in [2.75, 3.05) is 13.2 Å². The fourth-order valence-electron chi connectivity index (χ4n) is 4.69. The molecule has 0 aromatic heterocycles. The fraction of sp³-hybridized carbons (Fsp3) is 0.684. The van der Waals surface area contributed by atoms with Crippen LogP contribution < -0.4 is 0 Å². The zero-order valence-corrected chi connectivity index (χ0v) is 15.5. The van der Waals surface area contributed by atoms with Crippen LogP contribution in [0.3, 0.4) is 0 Å². The third kappa shape index (κ3) is 3.02. The van der Waals surface area contributed by atoms with E-state index in [1.165, 1.54) is 0 Å². The van der Waals surface area contributed by atoms with Crippen LogP contribution in [0.15, 0.2) is 35.2 Å². The summed E-state index contributed by atoms with van der Waals surface area (Å²) in [6, 6.07) is 8.87. The maximum Gasteiger partial charge on any atom is 0.243 e. The Morgan fingerprint density at radius 3 is 2.46 bits per heavy atom. The van der Waals surface area contributed by atoms with Gasteiger partial charge in [-0.15, -0.1) is 0 Å². The van der Waals surface area contributed by atoms with Crippen LogP contribution in [-0.4, -0.2) is 37.0 Å². The predicted molar refractivity (Wildman–Crippen MR) is 95.1 cm³/mol. The van der Waals surface area contributed by atoms with E-state index in [0.717, 1.165) is 25.2 Å². The summed E-state index contributed by atoms with van der Waals surface area (Å²) in [5.41, 5.74) is 0.240. The molecule has 0 heterocycles. The molecular formula is C19H29NO3S. The summed E-state index contributed by atoms with van der Waals surface area (Å²) in [6.07, 6.45) is 4.58. The van der Waals surface area contributed by atoms with E-state index in [1.807, 2.05) is 6.07 Å². The highest BCUT2D eigenvalue weighted by atomic mass is 32.2. The topological polar surface area (TPSA) is 57.6 Å². The number of unbranched alkanes of at least 4 members (excludes halogenated alkanes) is 1. The van der Waals surface area contributed by atoms with Crippen molar-refractivity contribution in [3.63, 3.8) is 0 Å². The van der Waals surface area contributed by atoms with Gasteiger partial charge in [-0.3, -0.25) is 0 Å². The van der Waals surface area contributed by atoms with Crippen LogP contribution in [0.4, 0.5) is 0 Å². The van der Waals surface area contributed by atoms with Gasteiger partial charge in [-0.05, 0) is 61.5 Å². The fourth-order valence-corrected chi connectivity index (χ4v) is 6.44. The van der Waals surface area contributed by atoms with E-state index < -0.39 is 10.0 Å². The van der Waals surface area contributed by atoms with Crippen LogP contribution in [0.5, 0.6) is 0 Å². The van der Waals surface area contributed by atoms with Gasteiger partial charge in [0, 0.05) is 19.2 Å². The molecule has 0 saturated heterocycles. The molecule has 1 aromatic rings. The number of benzene rings is 1. The molecule has 1 N–H and O–H groups in total. The van der Waals surface area contributed by atoms with Crippen molar-refractivity contribution in [3.05, 3.63) is 30.3 Å². The number of rotatable bonds is 7. The van der Waals surface area contributed by atoms with E-state index in [2.05, 4.69) is 13.8 Å². The summed E-state index contributed by atoms with van der Waals surface area (Å²) in [6.45, 7) is 5.19. The molecule has 0 amide bonds. The van der Waals surface area contributed by atoms with Crippen LogP contribution >= 0.6 is 0 Å². The molecule has 3 aliphatic carbocycles. The van der Waals surface area contributed by atoms with Crippen molar-refractivity contribution in [2.24, 2.45) is 17.3 Å². The van der Waals surface area contributed by atoms with Crippen molar-refractivity contribution < 1.29 is 13.5 Å². The lowest BCUT2D eigenvalue weighted by Crippen LogP contribution is -2.60. The molecule has 3 saturated carbocycles. The Balaban J connectivity index is 1.89. The number of hydrogen-bond acceptors (Lipinski definition) is 3. The van der Waals surface area contributed by atoms with Crippen molar-refractivity contribution in [3.8, 4) is 0 Å². The van der Waals surface area contributed by atoms with Crippen molar-refractivity contribution in [1.29, 1.82) is 0 Å². The number of fused-ring (bicyclic) bond motifs is 2. The summed E-state index contributed by atoms with van der Waals surface area (Å²) in [5, 5.41) is 9.08. The Hall–Kier alpha value is -0.910. The molecule has 4 nitrogen and oxygen atoms in total. The molecule has 0 radical (unpaired) electrons. The second kappa shape index (κ2) is 6.77. The van der Waals surface area contributed by atoms with E-state index in [1.54, 1.807) is 28.6 Å². The molecule has 1 aromatic carbocycles. The third-order valence-corrected chi connectivity index (χ3v) is 8.27. The Labute approximate surface area is 145 Å². The van der Waals surface area contributed by atoms with Gasteiger partial charge in [-0.1, -0.05) is 32.0 Å². The highest BCUT2D eigenvalue weighted by Gasteiger charge is 2.56. The van der Waals surface area contributed by atoms with Gasteiger partial charge in [0.15, 0.2) is 0 Å². The Morgan fingerprint density at radius 2 is 1.88 bits per heavy atom. The maximum atomic E-state index is 13.3. The van der Waals surface area contributed by atoms with E-state index in [4.69, 9.17) is 5.11 Å². The summed E-state index contributed by atoms with van der Waals surface area (Å²) >= 11 is 0. The third-order valence-electron chi connectivity index (χ3n) is 6.33. The average molecular weight is 352 g/mol. The van der Waals surface area contributed by atoms with Gasteiger partial charge < -0.3 is 5.11 Å². The zero-order chi connectivity index (χ0) is 17.4. The lowest BCUT2D eigenvalue weighted by molar-refractivity contribution is -0.104. The summed E-state index contributed by atoms with van der Waals surface area (Å²) in [5.74, 6) is 1.20. The van der Waals surface area contributed by atoms with Crippen molar-refractivity contribution in [2.45, 2.75) is 56.9 Å². The molecule has 3 fully saturated rings. The normalized spacial score (nSPS) is 28.6. The first kappa shape index (κ1) is 17.9. The molecule has 5 heteroatoms. The molecule has 24 heavy (non-hydrogen) atoms. The molecule has 0 aliphatic heterocycles. The number of aliphatic hydroxyl groups excluding tert-OH is 1. The molecule has 4 rings (SSSR count). The summed E-state index contributed by atoms with van der Waals surface area (Å²) in [4.78, 5) is 0.383. The second-order valence-electron chi connectivity index (χ2n) is 7.86. The molecule has 2 bridgehead atoms. The minimum atomic E-state index is -3.49. The molecule has 3 atom stereocenters. The minimum absolute atomic E-state index is 0.0916. The molecule has 3 unspecified atom stereocenters. The lowest BCUT2D eigenvalue weighted by Gasteiger charge is -2.61. The largest absolute Gasteiger partial charge is 0.396 e. The average Bonchev–Trinajstić information content (AvgIpc) is 2.59. The van der Waals surface area contributed by atoms with E-state index >= 15 is 0 Å². The first-order valence-electron chi connectivity index (χ1n) is 9.07. The highest BCUT2D eigenvalue weighted by Crippen LogP contribution is 2.60. The number of nitrogens with zero attached hydrogens (tertiary/aromatic N) is 1.